The molecule has 0 saturated heterocycles. The van der Waals surface area contributed by atoms with Crippen LogP contribution in [0.3, 0.4) is 0 Å². The fourth-order valence-electron chi connectivity index (χ4n) is 6.70. The molecule has 0 unspecified atom stereocenters. The van der Waals surface area contributed by atoms with E-state index in [1.54, 1.807) is 0 Å². The lowest BCUT2D eigenvalue weighted by Gasteiger charge is -2.57. The Balaban J connectivity index is 1.29. The summed E-state index contributed by atoms with van der Waals surface area (Å²) < 4.78 is 0. The highest BCUT2D eigenvalue weighted by Crippen LogP contribution is 2.60. The Labute approximate surface area is 175 Å². The van der Waals surface area contributed by atoms with Gasteiger partial charge in [0.15, 0.2) is 0 Å². The Morgan fingerprint density at radius 2 is 1.34 bits per heavy atom. The molecule has 2 nitrogen and oxygen atoms in total. The summed E-state index contributed by atoms with van der Waals surface area (Å²) in [7, 11) is 0. The summed E-state index contributed by atoms with van der Waals surface area (Å²) >= 11 is 0. The van der Waals surface area contributed by atoms with Crippen molar-refractivity contribution in [2.45, 2.75) is 70.1 Å². The molecule has 1 amide bonds. The van der Waals surface area contributed by atoms with Crippen LogP contribution in [0, 0.1) is 17.8 Å². The molecule has 0 radical (unpaired) electrons. The Morgan fingerprint density at radius 3 is 1.83 bits per heavy atom. The van der Waals surface area contributed by atoms with Crippen LogP contribution in [0.15, 0.2) is 48.5 Å². The lowest BCUT2D eigenvalue weighted by molar-refractivity contribution is -0.00518. The summed E-state index contributed by atoms with van der Waals surface area (Å²) in [5.41, 5.74) is 4.87. The van der Waals surface area contributed by atoms with Gasteiger partial charge < -0.3 is 5.32 Å². The predicted molar refractivity (Wildman–Crippen MR) is 119 cm³/mol. The molecule has 2 aromatic carbocycles. The van der Waals surface area contributed by atoms with E-state index in [0.29, 0.717) is 11.0 Å². The zero-order chi connectivity index (χ0) is 20.2. The first-order chi connectivity index (χ1) is 13.8. The van der Waals surface area contributed by atoms with Crippen LogP contribution in [-0.4, -0.2) is 5.91 Å². The molecule has 1 N–H and O–H groups in total. The molecule has 29 heavy (non-hydrogen) atoms. The van der Waals surface area contributed by atoms with E-state index >= 15 is 0 Å². The number of benzene rings is 2. The Morgan fingerprint density at radius 1 is 0.828 bits per heavy atom. The molecule has 4 aliphatic rings. The topological polar surface area (TPSA) is 29.1 Å². The summed E-state index contributed by atoms with van der Waals surface area (Å²) in [4.78, 5) is 12.7. The van der Waals surface area contributed by atoms with Crippen LogP contribution in [-0.2, 0) is 10.8 Å². The van der Waals surface area contributed by atoms with Gasteiger partial charge in [0.05, 0.1) is 0 Å². The second kappa shape index (κ2) is 6.72. The lowest BCUT2D eigenvalue weighted by atomic mass is 9.48. The minimum atomic E-state index is -0.0342. The maximum atomic E-state index is 12.7. The standard InChI is InChI=1S/C27H33NO/c1-26(2,3)22-6-4-21(5-7-22)25(29)28-24-10-8-23(9-11-24)27-15-18-12-19(16-27)14-20(13-18)17-27/h4-11,18-20H,12-17H2,1-3H3,(H,28,29). The van der Waals surface area contributed by atoms with Gasteiger partial charge in [0, 0.05) is 11.3 Å². The number of hydrogen-bond donors (Lipinski definition) is 1. The molecule has 4 saturated carbocycles. The number of hydrogen-bond acceptors (Lipinski definition) is 1. The average Bonchev–Trinajstić information content (AvgIpc) is 2.67. The molecule has 152 valence electrons. The molecule has 0 aliphatic heterocycles. The second-order valence-electron chi connectivity index (χ2n) is 11.1. The number of anilines is 1. The van der Waals surface area contributed by atoms with E-state index in [0.717, 1.165) is 23.4 Å². The van der Waals surface area contributed by atoms with Crippen LogP contribution in [0.1, 0.15) is 80.8 Å². The van der Waals surface area contributed by atoms with Gasteiger partial charge in [-0.1, -0.05) is 45.0 Å². The van der Waals surface area contributed by atoms with Gasteiger partial charge in [-0.25, -0.2) is 0 Å². The highest BCUT2D eigenvalue weighted by Gasteiger charge is 2.51. The van der Waals surface area contributed by atoms with Crippen LogP contribution in [0.4, 0.5) is 5.69 Å². The number of carbonyl (C=O) groups is 1. The molecule has 2 aromatic rings. The third-order valence-corrected chi connectivity index (χ3v) is 7.81. The SMILES string of the molecule is CC(C)(C)c1ccc(C(=O)Nc2ccc(C34CC5CC(CC(C5)C3)C4)cc2)cc1. The van der Waals surface area contributed by atoms with Crippen molar-refractivity contribution in [1.82, 2.24) is 0 Å². The van der Waals surface area contributed by atoms with E-state index in [1.165, 1.54) is 49.7 Å². The average molecular weight is 388 g/mol. The minimum Gasteiger partial charge on any atom is -0.322 e. The van der Waals surface area contributed by atoms with Crippen molar-refractivity contribution in [2.24, 2.45) is 17.8 Å². The maximum Gasteiger partial charge on any atom is 0.255 e. The molecular formula is C27H33NO. The number of carbonyl (C=O) groups excluding carboxylic acids is 1. The molecule has 4 bridgehead atoms. The van der Waals surface area contributed by atoms with Gasteiger partial charge in [0.2, 0.25) is 0 Å². The molecule has 4 fully saturated rings. The Bertz CT molecular complexity index is 866. The van der Waals surface area contributed by atoms with Gasteiger partial charge in [-0.3, -0.25) is 4.79 Å². The summed E-state index contributed by atoms with van der Waals surface area (Å²) in [6.45, 7) is 6.56. The molecule has 0 atom stereocenters. The van der Waals surface area contributed by atoms with Gasteiger partial charge in [0.25, 0.3) is 5.91 Å². The number of amides is 1. The second-order valence-corrected chi connectivity index (χ2v) is 11.1. The summed E-state index contributed by atoms with van der Waals surface area (Å²) in [6.07, 6.45) is 8.56. The van der Waals surface area contributed by atoms with Crippen molar-refractivity contribution in [2.75, 3.05) is 5.32 Å². The van der Waals surface area contributed by atoms with Crippen molar-refractivity contribution >= 4 is 11.6 Å². The molecule has 0 aromatic heterocycles. The Kier molecular flexibility index (Phi) is 4.38. The molecule has 6 rings (SSSR count). The smallest absolute Gasteiger partial charge is 0.255 e. The van der Waals surface area contributed by atoms with Gasteiger partial charge in [0.1, 0.15) is 0 Å². The molecule has 4 aliphatic carbocycles. The molecule has 2 heteroatoms. The van der Waals surface area contributed by atoms with E-state index in [2.05, 4.69) is 62.5 Å². The first-order valence-electron chi connectivity index (χ1n) is 11.3. The van der Waals surface area contributed by atoms with Gasteiger partial charge in [-0.15, -0.1) is 0 Å². The zero-order valence-corrected chi connectivity index (χ0v) is 18.0. The highest BCUT2D eigenvalue weighted by molar-refractivity contribution is 6.04. The van der Waals surface area contributed by atoms with Crippen LogP contribution in [0.5, 0.6) is 0 Å². The fourth-order valence-corrected chi connectivity index (χ4v) is 6.70. The van der Waals surface area contributed by atoms with Gasteiger partial charge >= 0.3 is 0 Å². The molecule has 0 heterocycles. The van der Waals surface area contributed by atoms with Crippen molar-refractivity contribution in [3.8, 4) is 0 Å². The van der Waals surface area contributed by atoms with Crippen LogP contribution < -0.4 is 5.32 Å². The molecule has 0 spiro atoms. The van der Waals surface area contributed by atoms with Crippen molar-refractivity contribution < 1.29 is 4.79 Å². The van der Waals surface area contributed by atoms with E-state index in [-0.39, 0.29) is 11.3 Å². The van der Waals surface area contributed by atoms with E-state index < -0.39 is 0 Å². The van der Waals surface area contributed by atoms with Crippen molar-refractivity contribution in [1.29, 1.82) is 0 Å². The first kappa shape index (κ1) is 18.9. The maximum absolute atomic E-state index is 12.7. The van der Waals surface area contributed by atoms with E-state index in [1.807, 2.05) is 12.1 Å². The van der Waals surface area contributed by atoms with Crippen molar-refractivity contribution in [3.63, 3.8) is 0 Å². The summed E-state index contributed by atoms with van der Waals surface area (Å²) in [5, 5.41) is 3.08. The fraction of sp³-hybridized carbons (Fsp3) is 0.519. The predicted octanol–water partition coefficient (Wildman–Crippen LogP) is 6.70. The summed E-state index contributed by atoms with van der Waals surface area (Å²) in [6, 6.07) is 16.8. The van der Waals surface area contributed by atoms with Crippen LogP contribution in [0.25, 0.3) is 0 Å². The van der Waals surface area contributed by atoms with E-state index in [9.17, 15) is 4.79 Å². The first-order valence-corrected chi connectivity index (χ1v) is 11.3. The third kappa shape index (κ3) is 3.52. The monoisotopic (exact) mass is 387 g/mol. The third-order valence-electron chi connectivity index (χ3n) is 7.81. The van der Waals surface area contributed by atoms with Crippen LogP contribution in [0.2, 0.25) is 0 Å². The summed E-state index contributed by atoms with van der Waals surface area (Å²) in [5.74, 6) is 2.83. The highest BCUT2D eigenvalue weighted by atomic mass is 16.1. The zero-order valence-electron chi connectivity index (χ0n) is 18.0. The molecular weight excluding hydrogens is 354 g/mol. The van der Waals surface area contributed by atoms with Crippen LogP contribution >= 0.6 is 0 Å². The van der Waals surface area contributed by atoms with Crippen molar-refractivity contribution in [3.05, 3.63) is 65.2 Å². The number of nitrogens with one attached hydrogen (secondary N) is 1. The largest absolute Gasteiger partial charge is 0.322 e. The lowest BCUT2D eigenvalue weighted by Crippen LogP contribution is -2.48. The van der Waals surface area contributed by atoms with E-state index in [4.69, 9.17) is 0 Å². The Hall–Kier alpha value is -2.09. The van der Waals surface area contributed by atoms with Gasteiger partial charge in [-0.05, 0) is 103 Å². The normalized spacial score (nSPS) is 30.4. The minimum absolute atomic E-state index is 0.0342. The number of rotatable bonds is 3. The van der Waals surface area contributed by atoms with Gasteiger partial charge in [-0.2, -0.15) is 0 Å². The quantitative estimate of drug-likeness (QED) is 0.623.